The van der Waals surface area contributed by atoms with Gasteiger partial charge in [-0.15, -0.1) is 0 Å². The number of hydrogen-bond acceptors (Lipinski definition) is 2. The van der Waals surface area contributed by atoms with Crippen LogP contribution in [0.15, 0.2) is 0 Å². The zero-order valence-corrected chi connectivity index (χ0v) is 10.2. The van der Waals surface area contributed by atoms with Gasteiger partial charge in [0, 0.05) is 0 Å². The summed E-state index contributed by atoms with van der Waals surface area (Å²) in [6, 6.07) is -1.09. The monoisotopic (exact) mass is 330 g/mol. The minimum absolute atomic E-state index is 0.315. The van der Waals surface area contributed by atoms with Gasteiger partial charge in [0.15, 0.2) is 0 Å². The number of carboxylic acids is 1. The minimum atomic E-state index is -2.72. The summed E-state index contributed by atoms with van der Waals surface area (Å²) < 4.78 is 26.5. The molecule has 7 heteroatoms. The lowest BCUT2D eigenvalue weighted by Crippen LogP contribution is -2.19. The van der Waals surface area contributed by atoms with E-state index < -0.39 is 18.4 Å². The number of nitrogens with zero attached hydrogens (tertiary/aromatic N) is 2. The molecule has 4 nitrogen and oxygen atoms in total. The average Bonchev–Trinajstić information content (AvgIpc) is 2.41. The second kappa shape index (κ2) is 4.42. The van der Waals surface area contributed by atoms with Crippen molar-refractivity contribution in [3.05, 3.63) is 15.0 Å². The Morgan fingerprint density at radius 3 is 2.53 bits per heavy atom. The van der Waals surface area contributed by atoms with Gasteiger partial charge < -0.3 is 5.11 Å². The third-order valence-corrected chi connectivity index (χ3v) is 3.31. The molecule has 1 rings (SSSR count). The van der Waals surface area contributed by atoms with Gasteiger partial charge >= 0.3 is 5.97 Å². The van der Waals surface area contributed by atoms with E-state index >= 15 is 0 Å². The van der Waals surface area contributed by atoms with Gasteiger partial charge in [-0.2, -0.15) is 5.10 Å². The number of carboxylic acid groups (broad SMARTS) is 1. The van der Waals surface area contributed by atoms with Crippen molar-refractivity contribution in [1.29, 1.82) is 0 Å². The van der Waals surface area contributed by atoms with E-state index in [4.69, 9.17) is 5.11 Å². The molecule has 0 spiro atoms. The summed E-state index contributed by atoms with van der Waals surface area (Å²) >= 11 is 1.74. The molecule has 0 radical (unpaired) electrons. The summed E-state index contributed by atoms with van der Waals surface area (Å²) in [5.41, 5.74) is 0.0852. The van der Waals surface area contributed by atoms with Crippen molar-refractivity contribution in [3.63, 3.8) is 0 Å². The van der Waals surface area contributed by atoms with E-state index in [-0.39, 0.29) is 5.69 Å². The van der Waals surface area contributed by atoms with E-state index in [1.165, 1.54) is 6.92 Å². The molecule has 1 aromatic rings. The Kier molecular flexibility index (Phi) is 3.63. The third kappa shape index (κ3) is 2.27. The summed E-state index contributed by atoms with van der Waals surface area (Å²) in [5, 5.41) is 12.5. The molecule has 0 aromatic carbocycles. The quantitative estimate of drug-likeness (QED) is 0.866. The molecule has 0 fully saturated rings. The van der Waals surface area contributed by atoms with Crippen LogP contribution in [0.5, 0.6) is 0 Å². The highest BCUT2D eigenvalue weighted by molar-refractivity contribution is 14.1. The molecule has 1 heterocycles. The van der Waals surface area contributed by atoms with Crippen molar-refractivity contribution >= 4 is 28.6 Å². The molecule has 15 heavy (non-hydrogen) atoms. The first-order valence-electron chi connectivity index (χ1n) is 4.11. The number of aliphatic carboxylic acids is 1. The average molecular weight is 330 g/mol. The maximum atomic E-state index is 12.7. The van der Waals surface area contributed by atoms with Gasteiger partial charge in [-0.1, -0.05) is 0 Å². The third-order valence-electron chi connectivity index (χ3n) is 1.98. The number of alkyl halides is 2. The smallest absolute Gasteiger partial charge is 0.328 e. The van der Waals surface area contributed by atoms with Gasteiger partial charge in [0.25, 0.3) is 6.43 Å². The van der Waals surface area contributed by atoms with Crippen LogP contribution in [0.4, 0.5) is 8.78 Å². The predicted molar refractivity (Wildman–Crippen MR) is 57.0 cm³/mol. The van der Waals surface area contributed by atoms with Gasteiger partial charge in [0.1, 0.15) is 11.7 Å². The van der Waals surface area contributed by atoms with Crippen molar-refractivity contribution < 1.29 is 18.7 Å². The van der Waals surface area contributed by atoms with Crippen molar-refractivity contribution in [1.82, 2.24) is 9.78 Å². The van der Waals surface area contributed by atoms with Crippen LogP contribution < -0.4 is 0 Å². The Bertz CT molecular complexity index is 392. The molecule has 1 aromatic heterocycles. The van der Waals surface area contributed by atoms with E-state index in [1.807, 2.05) is 0 Å². The van der Waals surface area contributed by atoms with Crippen molar-refractivity contribution in [2.45, 2.75) is 26.3 Å². The van der Waals surface area contributed by atoms with Gasteiger partial charge in [0.05, 0.1) is 9.26 Å². The minimum Gasteiger partial charge on any atom is -0.480 e. The molecule has 0 saturated heterocycles. The Labute approximate surface area is 98.4 Å². The van der Waals surface area contributed by atoms with Crippen LogP contribution in [0.25, 0.3) is 0 Å². The zero-order valence-electron chi connectivity index (χ0n) is 8.04. The standard InChI is InChI=1S/C8H9F2IN2O2/c1-3-5(11)6(7(9)10)13(12-3)4(2)8(14)15/h4,7H,1-2H3,(H,14,15)/t4-/m0/s1. The maximum Gasteiger partial charge on any atom is 0.328 e. The highest BCUT2D eigenvalue weighted by Gasteiger charge is 2.26. The van der Waals surface area contributed by atoms with Crippen LogP contribution in [0.2, 0.25) is 0 Å². The van der Waals surface area contributed by atoms with Crippen LogP contribution in [-0.4, -0.2) is 20.9 Å². The molecule has 1 N–H and O–H groups in total. The lowest BCUT2D eigenvalue weighted by atomic mass is 10.3. The van der Waals surface area contributed by atoms with Crippen molar-refractivity contribution in [2.75, 3.05) is 0 Å². The molecule has 0 amide bonds. The van der Waals surface area contributed by atoms with E-state index in [0.717, 1.165) is 4.68 Å². The molecule has 0 unspecified atom stereocenters. The fraction of sp³-hybridized carbons (Fsp3) is 0.500. The topological polar surface area (TPSA) is 55.1 Å². The van der Waals surface area contributed by atoms with Gasteiger partial charge in [-0.3, -0.25) is 0 Å². The Hall–Kier alpha value is -0.730. The molecule has 0 aliphatic heterocycles. The number of hydrogen-bond donors (Lipinski definition) is 1. The number of carbonyl (C=O) groups is 1. The largest absolute Gasteiger partial charge is 0.480 e. The SMILES string of the molecule is Cc1nn([C@@H](C)C(=O)O)c(C(F)F)c1I. The first-order valence-corrected chi connectivity index (χ1v) is 5.19. The van der Waals surface area contributed by atoms with E-state index in [2.05, 4.69) is 5.10 Å². The van der Waals surface area contributed by atoms with Crippen LogP contribution in [0, 0.1) is 10.5 Å². The number of halogens is 3. The normalized spacial score (nSPS) is 13.2. The Morgan fingerprint density at radius 2 is 2.13 bits per heavy atom. The van der Waals surface area contributed by atoms with Gasteiger partial charge in [-0.25, -0.2) is 18.3 Å². The summed E-state index contributed by atoms with van der Waals surface area (Å²) in [4.78, 5) is 10.7. The summed E-state index contributed by atoms with van der Waals surface area (Å²) in [7, 11) is 0. The van der Waals surface area contributed by atoms with Crippen molar-refractivity contribution in [3.8, 4) is 0 Å². The fourth-order valence-corrected chi connectivity index (χ4v) is 1.73. The number of aromatic nitrogens is 2. The van der Waals surface area contributed by atoms with E-state index in [1.54, 1.807) is 29.5 Å². The second-order valence-electron chi connectivity index (χ2n) is 3.04. The maximum absolute atomic E-state index is 12.7. The highest BCUT2D eigenvalue weighted by Crippen LogP contribution is 2.28. The van der Waals surface area contributed by atoms with Crippen LogP contribution in [0.3, 0.4) is 0 Å². The van der Waals surface area contributed by atoms with Crippen LogP contribution in [-0.2, 0) is 4.79 Å². The molecule has 0 aliphatic rings. The number of aryl methyl sites for hydroxylation is 1. The summed E-state index contributed by atoms with van der Waals surface area (Å²) in [6.07, 6.45) is -2.72. The summed E-state index contributed by atoms with van der Waals surface area (Å²) in [6.45, 7) is 2.88. The summed E-state index contributed by atoms with van der Waals surface area (Å²) in [5.74, 6) is -1.18. The first kappa shape index (κ1) is 12.3. The molecule has 0 aliphatic carbocycles. The van der Waals surface area contributed by atoms with Gasteiger partial charge in [-0.05, 0) is 36.4 Å². The van der Waals surface area contributed by atoms with E-state index in [0.29, 0.717) is 9.26 Å². The van der Waals surface area contributed by atoms with Crippen LogP contribution >= 0.6 is 22.6 Å². The zero-order chi connectivity index (χ0) is 11.7. The second-order valence-corrected chi connectivity index (χ2v) is 4.12. The van der Waals surface area contributed by atoms with Crippen LogP contribution in [0.1, 0.15) is 30.8 Å². The highest BCUT2D eigenvalue weighted by atomic mass is 127. The van der Waals surface area contributed by atoms with E-state index in [9.17, 15) is 13.6 Å². The van der Waals surface area contributed by atoms with Crippen molar-refractivity contribution in [2.24, 2.45) is 0 Å². The molecule has 0 saturated carbocycles. The Morgan fingerprint density at radius 1 is 1.60 bits per heavy atom. The molecular weight excluding hydrogens is 321 g/mol. The molecule has 84 valence electrons. The first-order chi connectivity index (χ1) is 6.86. The molecule has 1 atom stereocenters. The Balaban J connectivity index is 3.29. The molecule has 0 bridgehead atoms. The fourth-order valence-electron chi connectivity index (χ4n) is 1.14. The molecular formula is C8H9F2IN2O2. The van der Waals surface area contributed by atoms with Gasteiger partial charge in [0.2, 0.25) is 0 Å². The lowest BCUT2D eigenvalue weighted by Gasteiger charge is -2.10. The lowest BCUT2D eigenvalue weighted by molar-refractivity contribution is -0.140. The number of rotatable bonds is 3. The predicted octanol–water partition coefficient (Wildman–Crippen LogP) is 2.38.